The molecule has 0 saturated carbocycles. The van der Waals surface area contributed by atoms with Crippen LogP contribution in [-0.4, -0.2) is 67.7 Å². The van der Waals surface area contributed by atoms with Crippen LogP contribution in [0, 0.1) is 5.92 Å². The Morgan fingerprint density at radius 2 is 2.12 bits per heavy atom. The third kappa shape index (κ3) is 5.13. The zero-order chi connectivity index (χ0) is 16.6. The lowest BCUT2D eigenvalue weighted by atomic mass is 9.91. The molecular formula is C18H30N4O2. The quantitative estimate of drug-likeness (QED) is 0.769. The predicted octanol–water partition coefficient (Wildman–Crippen LogP) is 1.97. The largest absolute Gasteiger partial charge is 0.383 e. The van der Waals surface area contributed by atoms with Crippen molar-refractivity contribution in [3.63, 3.8) is 0 Å². The summed E-state index contributed by atoms with van der Waals surface area (Å²) in [5.74, 6) is 1.52. The van der Waals surface area contributed by atoms with Crippen molar-refractivity contribution in [3.8, 4) is 0 Å². The molecule has 0 radical (unpaired) electrons. The van der Waals surface area contributed by atoms with Crippen LogP contribution in [-0.2, 0) is 15.9 Å². The molecule has 6 nitrogen and oxygen atoms in total. The number of likely N-dealkylation sites (tertiary alicyclic amines) is 1. The molecule has 24 heavy (non-hydrogen) atoms. The van der Waals surface area contributed by atoms with Crippen LogP contribution < -0.4 is 5.32 Å². The van der Waals surface area contributed by atoms with Crippen molar-refractivity contribution in [1.29, 1.82) is 0 Å². The molecular weight excluding hydrogens is 304 g/mol. The second kappa shape index (κ2) is 9.30. The zero-order valence-electron chi connectivity index (χ0n) is 14.7. The lowest BCUT2D eigenvalue weighted by Crippen LogP contribution is -2.45. The molecule has 0 bridgehead atoms. The van der Waals surface area contributed by atoms with Crippen LogP contribution in [0.5, 0.6) is 0 Å². The summed E-state index contributed by atoms with van der Waals surface area (Å²) in [4.78, 5) is 2.69. The molecule has 2 aliphatic rings. The fourth-order valence-corrected chi connectivity index (χ4v) is 3.79. The Kier molecular flexibility index (Phi) is 6.81. The number of nitrogens with one attached hydrogen (secondary N) is 1. The number of ether oxygens (including phenoxy) is 2. The molecule has 2 saturated heterocycles. The van der Waals surface area contributed by atoms with E-state index in [-0.39, 0.29) is 0 Å². The van der Waals surface area contributed by atoms with Gasteiger partial charge in [-0.15, -0.1) is 5.10 Å². The van der Waals surface area contributed by atoms with Gasteiger partial charge in [-0.05, 0) is 56.7 Å². The Morgan fingerprint density at radius 3 is 2.88 bits per heavy atom. The SMILES string of the molecule is COCCNc1ccc(CC2CCCN(C3CCOCC3)C2)nn1. The Labute approximate surface area is 144 Å². The van der Waals surface area contributed by atoms with Gasteiger partial charge >= 0.3 is 0 Å². The van der Waals surface area contributed by atoms with Crippen molar-refractivity contribution < 1.29 is 9.47 Å². The van der Waals surface area contributed by atoms with Crippen LogP contribution >= 0.6 is 0 Å². The number of nitrogens with zero attached hydrogens (tertiary/aromatic N) is 3. The Bertz CT molecular complexity index is 476. The van der Waals surface area contributed by atoms with Crippen LogP contribution in [0.25, 0.3) is 0 Å². The van der Waals surface area contributed by atoms with E-state index in [1.807, 2.05) is 6.07 Å². The second-order valence-corrected chi connectivity index (χ2v) is 6.88. The minimum atomic E-state index is 0.674. The van der Waals surface area contributed by atoms with Crippen LogP contribution in [0.15, 0.2) is 12.1 Å². The normalized spacial score (nSPS) is 23.3. The number of hydrogen-bond acceptors (Lipinski definition) is 6. The number of aromatic nitrogens is 2. The van der Waals surface area contributed by atoms with Gasteiger partial charge in [0.2, 0.25) is 0 Å². The van der Waals surface area contributed by atoms with E-state index in [1.54, 1.807) is 7.11 Å². The number of anilines is 1. The molecule has 1 N–H and O–H groups in total. The van der Waals surface area contributed by atoms with Crippen molar-refractivity contribution in [2.45, 2.75) is 38.1 Å². The van der Waals surface area contributed by atoms with E-state index in [4.69, 9.17) is 9.47 Å². The summed E-state index contributed by atoms with van der Waals surface area (Å²) in [5.41, 5.74) is 1.10. The van der Waals surface area contributed by atoms with Crippen molar-refractivity contribution in [2.75, 3.05) is 51.9 Å². The smallest absolute Gasteiger partial charge is 0.148 e. The van der Waals surface area contributed by atoms with Crippen molar-refractivity contribution in [1.82, 2.24) is 15.1 Å². The minimum absolute atomic E-state index is 0.674. The summed E-state index contributed by atoms with van der Waals surface area (Å²) in [6, 6.07) is 4.85. The molecule has 2 aliphatic heterocycles. The fraction of sp³-hybridized carbons (Fsp3) is 0.778. The number of methoxy groups -OCH3 is 1. The third-order valence-corrected chi connectivity index (χ3v) is 5.09. The van der Waals surface area contributed by atoms with Crippen molar-refractivity contribution in [2.24, 2.45) is 5.92 Å². The summed E-state index contributed by atoms with van der Waals surface area (Å²) in [7, 11) is 1.70. The number of piperidine rings is 1. The molecule has 0 amide bonds. The summed E-state index contributed by atoms with van der Waals surface area (Å²) in [6.45, 7) is 5.72. The second-order valence-electron chi connectivity index (χ2n) is 6.88. The van der Waals surface area contributed by atoms with Gasteiger partial charge in [-0.1, -0.05) is 0 Å². The molecule has 1 aromatic heterocycles. The molecule has 0 spiro atoms. The van der Waals surface area contributed by atoms with Gasteiger partial charge in [0.25, 0.3) is 0 Å². The molecule has 0 aliphatic carbocycles. The van der Waals surface area contributed by atoms with Gasteiger partial charge in [0.1, 0.15) is 5.82 Å². The highest BCUT2D eigenvalue weighted by Crippen LogP contribution is 2.25. The fourth-order valence-electron chi connectivity index (χ4n) is 3.79. The van der Waals surface area contributed by atoms with E-state index in [0.717, 1.165) is 43.7 Å². The molecule has 1 aromatic rings. The first-order chi connectivity index (χ1) is 11.8. The van der Waals surface area contributed by atoms with Crippen LogP contribution in [0.3, 0.4) is 0 Å². The van der Waals surface area contributed by atoms with E-state index in [2.05, 4.69) is 26.5 Å². The molecule has 1 unspecified atom stereocenters. The van der Waals surface area contributed by atoms with Gasteiger partial charge in [-0.25, -0.2) is 0 Å². The third-order valence-electron chi connectivity index (χ3n) is 5.09. The number of hydrogen-bond donors (Lipinski definition) is 1. The molecule has 0 aromatic carbocycles. The highest BCUT2D eigenvalue weighted by atomic mass is 16.5. The minimum Gasteiger partial charge on any atom is -0.383 e. The van der Waals surface area contributed by atoms with Gasteiger partial charge in [0.15, 0.2) is 0 Å². The van der Waals surface area contributed by atoms with Crippen LogP contribution in [0.2, 0.25) is 0 Å². The Balaban J connectivity index is 1.47. The maximum absolute atomic E-state index is 5.50. The Morgan fingerprint density at radius 1 is 1.25 bits per heavy atom. The molecule has 1 atom stereocenters. The van der Waals surface area contributed by atoms with Gasteiger partial charge in [0, 0.05) is 39.5 Å². The first kappa shape index (κ1) is 17.6. The lowest BCUT2D eigenvalue weighted by Gasteiger charge is -2.39. The van der Waals surface area contributed by atoms with E-state index in [9.17, 15) is 0 Å². The zero-order valence-corrected chi connectivity index (χ0v) is 14.7. The highest BCUT2D eigenvalue weighted by Gasteiger charge is 2.27. The molecule has 134 valence electrons. The van der Waals surface area contributed by atoms with E-state index in [0.29, 0.717) is 12.5 Å². The summed E-state index contributed by atoms with van der Waals surface area (Å²) in [6.07, 6.45) is 6.01. The van der Waals surface area contributed by atoms with Crippen LogP contribution in [0.4, 0.5) is 5.82 Å². The summed E-state index contributed by atoms with van der Waals surface area (Å²) in [5, 5.41) is 11.9. The maximum atomic E-state index is 5.50. The lowest BCUT2D eigenvalue weighted by molar-refractivity contribution is 0.0177. The molecule has 6 heteroatoms. The van der Waals surface area contributed by atoms with Gasteiger partial charge in [-0.2, -0.15) is 5.10 Å². The maximum Gasteiger partial charge on any atom is 0.148 e. The number of rotatable bonds is 7. The van der Waals surface area contributed by atoms with Gasteiger partial charge in [0.05, 0.1) is 12.3 Å². The summed E-state index contributed by atoms with van der Waals surface area (Å²) < 4.78 is 10.5. The average Bonchev–Trinajstić information content (AvgIpc) is 2.64. The van der Waals surface area contributed by atoms with Crippen LogP contribution in [0.1, 0.15) is 31.4 Å². The van der Waals surface area contributed by atoms with Gasteiger partial charge in [-0.3, -0.25) is 4.90 Å². The average molecular weight is 334 g/mol. The van der Waals surface area contributed by atoms with Gasteiger partial charge < -0.3 is 14.8 Å². The molecule has 3 rings (SSSR count). The first-order valence-electron chi connectivity index (χ1n) is 9.22. The molecule has 2 fully saturated rings. The van der Waals surface area contributed by atoms with Crippen molar-refractivity contribution >= 4 is 5.82 Å². The van der Waals surface area contributed by atoms with E-state index >= 15 is 0 Å². The predicted molar refractivity (Wildman–Crippen MR) is 94.2 cm³/mol. The summed E-state index contributed by atoms with van der Waals surface area (Å²) >= 11 is 0. The monoisotopic (exact) mass is 334 g/mol. The van der Waals surface area contributed by atoms with Crippen molar-refractivity contribution in [3.05, 3.63) is 17.8 Å². The van der Waals surface area contributed by atoms with E-state index in [1.165, 1.54) is 38.8 Å². The Hall–Kier alpha value is -1.24. The topological polar surface area (TPSA) is 59.5 Å². The first-order valence-corrected chi connectivity index (χ1v) is 9.22. The highest BCUT2D eigenvalue weighted by molar-refractivity contribution is 5.32. The van der Waals surface area contributed by atoms with E-state index < -0.39 is 0 Å². The standard InChI is InChI=1S/C18H30N4O2/c1-23-12-8-19-18-5-4-16(20-21-18)13-15-3-2-9-22(14-15)17-6-10-24-11-7-17/h4-5,15,17H,2-3,6-14H2,1H3,(H,19,21). The molecule has 3 heterocycles.